The lowest BCUT2D eigenvalue weighted by molar-refractivity contribution is 0.577. The molecule has 0 aliphatic heterocycles. The van der Waals surface area contributed by atoms with Gasteiger partial charge in [0.15, 0.2) is 5.65 Å². The first-order valence-electron chi connectivity index (χ1n) is 5.13. The van der Waals surface area contributed by atoms with Crippen molar-refractivity contribution in [3.8, 4) is 0 Å². The molecule has 96 valence electrons. The van der Waals surface area contributed by atoms with Gasteiger partial charge in [0.25, 0.3) is 0 Å². The Balaban J connectivity index is 2.10. The third-order valence-electron chi connectivity index (χ3n) is 2.35. The smallest absolute Gasteiger partial charge is 0.225 e. The van der Waals surface area contributed by atoms with Gasteiger partial charge in [0.1, 0.15) is 16.7 Å². The van der Waals surface area contributed by atoms with E-state index in [2.05, 4.69) is 20.2 Å². The van der Waals surface area contributed by atoms with Crippen molar-refractivity contribution in [2.24, 2.45) is 0 Å². The van der Waals surface area contributed by atoms with E-state index >= 15 is 0 Å². The zero-order valence-corrected chi connectivity index (χ0v) is 10.8. The second-order valence-corrected chi connectivity index (χ2v) is 4.98. The molecule has 0 aliphatic carbocycles. The minimum Gasteiger partial charge on any atom is -0.261 e. The summed E-state index contributed by atoms with van der Waals surface area (Å²) in [5, 5.41) is 7.48. The van der Waals surface area contributed by atoms with Crippen LogP contribution in [0.4, 0.5) is 8.78 Å². The number of nitrogens with one attached hydrogen (secondary N) is 1. The Hall–Kier alpha value is -1.73. The summed E-state index contributed by atoms with van der Waals surface area (Å²) in [5.74, 6) is -1.05. The standard InChI is InChI=1S/C11H5ClF2N4S/c12-11-16-9-6(4-15-18-9)10(17-11)19-8-3-5(13)1-2-7(8)14/h1-4H,(H,15,16,17,18). The number of halogens is 3. The highest BCUT2D eigenvalue weighted by molar-refractivity contribution is 7.99. The molecule has 0 fully saturated rings. The zero-order chi connectivity index (χ0) is 13.4. The number of aromatic amines is 1. The van der Waals surface area contributed by atoms with Gasteiger partial charge in [0.2, 0.25) is 5.28 Å². The molecule has 2 heterocycles. The molecule has 19 heavy (non-hydrogen) atoms. The van der Waals surface area contributed by atoms with Crippen LogP contribution in [-0.4, -0.2) is 20.2 Å². The molecule has 3 aromatic rings. The summed E-state index contributed by atoms with van der Waals surface area (Å²) in [5.41, 5.74) is 0.444. The van der Waals surface area contributed by atoms with Crippen molar-refractivity contribution >= 4 is 34.4 Å². The topological polar surface area (TPSA) is 54.5 Å². The number of benzene rings is 1. The predicted molar refractivity (Wildman–Crippen MR) is 67.2 cm³/mol. The molecule has 1 aromatic carbocycles. The van der Waals surface area contributed by atoms with Crippen molar-refractivity contribution in [1.29, 1.82) is 0 Å². The first-order valence-corrected chi connectivity index (χ1v) is 6.32. The van der Waals surface area contributed by atoms with E-state index in [1.54, 1.807) is 0 Å². The van der Waals surface area contributed by atoms with Crippen molar-refractivity contribution < 1.29 is 8.78 Å². The van der Waals surface area contributed by atoms with Crippen molar-refractivity contribution in [2.45, 2.75) is 9.92 Å². The van der Waals surface area contributed by atoms with Crippen molar-refractivity contribution in [3.63, 3.8) is 0 Å². The number of nitrogens with zero attached hydrogens (tertiary/aromatic N) is 3. The average molecular weight is 299 g/mol. The lowest BCUT2D eigenvalue weighted by Crippen LogP contribution is -1.89. The van der Waals surface area contributed by atoms with E-state index in [-0.39, 0.29) is 10.2 Å². The molecule has 0 spiro atoms. The number of aromatic nitrogens is 4. The largest absolute Gasteiger partial charge is 0.261 e. The van der Waals surface area contributed by atoms with Gasteiger partial charge in [-0.15, -0.1) is 0 Å². The van der Waals surface area contributed by atoms with E-state index in [1.165, 1.54) is 6.20 Å². The van der Waals surface area contributed by atoms with E-state index in [0.29, 0.717) is 16.1 Å². The van der Waals surface area contributed by atoms with Gasteiger partial charge in [0.05, 0.1) is 16.5 Å². The summed E-state index contributed by atoms with van der Waals surface area (Å²) >= 11 is 6.73. The van der Waals surface area contributed by atoms with Crippen LogP contribution in [0.15, 0.2) is 34.3 Å². The Morgan fingerprint density at radius 1 is 1.21 bits per heavy atom. The number of H-pyrrole nitrogens is 1. The van der Waals surface area contributed by atoms with Gasteiger partial charge in [-0.05, 0) is 29.8 Å². The van der Waals surface area contributed by atoms with E-state index in [4.69, 9.17) is 11.6 Å². The summed E-state index contributed by atoms with van der Waals surface area (Å²) in [6, 6.07) is 3.22. The van der Waals surface area contributed by atoms with Crippen molar-refractivity contribution in [3.05, 3.63) is 41.3 Å². The Morgan fingerprint density at radius 3 is 2.89 bits per heavy atom. The average Bonchev–Trinajstić information content (AvgIpc) is 2.82. The highest BCUT2D eigenvalue weighted by Crippen LogP contribution is 2.33. The van der Waals surface area contributed by atoms with Crippen molar-refractivity contribution in [1.82, 2.24) is 20.2 Å². The maximum absolute atomic E-state index is 13.6. The van der Waals surface area contributed by atoms with E-state index in [1.807, 2.05) is 0 Å². The van der Waals surface area contributed by atoms with Gasteiger partial charge in [-0.3, -0.25) is 5.10 Å². The second-order valence-electron chi connectivity index (χ2n) is 3.61. The molecule has 8 heteroatoms. The first kappa shape index (κ1) is 12.3. The number of hydrogen-bond acceptors (Lipinski definition) is 4. The van der Waals surface area contributed by atoms with Gasteiger partial charge >= 0.3 is 0 Å². The van der Waals surface area contributed by atoms with Gasteiger partial charge < -0.3 is 0 Å². The molecule has 1 N–H and O–H groups in total. The van der Waals surface area contributed by atoms with Gasteiger partial charge in [-0.25, -0.2) is 13.8 Å². The van der Waals surface area contributed by atoms with Crippen molar-refractivity contribution in [2.75, 3.05) is 0 Å². The summed E-state index contributed by atoms with van der Waals surface area (Å²) in [6.45, 7) is 0. The SMILES string of the molecule is Fc1ccc(F)c(Sc2nc(Cl)nc3[nH]ncc23)c1. The molecular weight excluding hydrogens is 294 g/mol. The lowest BCUT2D eigenvalue weighted by atomic mass is 10.3. The lowest BCUT2D eigenvalue weighted by Gasteiger charge is -2.04. The Kier molecular flexibility index (Phi) is 3.08. The molecule has 0 bridgehead atoms. The molecule has 3 rings (SSSR count). The molecule has 0 amide bonds. The molecule has 0 saturated heterocycles. The predicted octanol–water partition coefficient (Wildman–Crippen LogP) is 3.44. The van der Waals surface area contributed by atoms with Crippen LogP contribution < -0.4 is 0 Å². The summed E-state index contributed by atoms with van der Waals surface area (Å²) in [4.78, 5) is 8.06. The number of hydrogen-bond donors (Lipinski definition) is 1. The third kappa shape index (κ3) is 2.39. The Bertz CT molecular complexity index is 762. The van der Waals surface area contributed by atoms with E-state index in [9.17, 15) is 8.78 Å². The fraction of sp³-hybridized carbons (Fsp3) is 0. The monoisotopic (exact) mass is 298 g/mol. The normalized spacial score (nSPS) is 11.1. The molecular formula is C11H5ClF2N4S. The maximum atomic E-state index is 13.6. The highest BCUT2D eigenvalue weighted by atomic mass is 35.5. The Labute approximate surface area is 115 Å². The molecule has 4 nitrogen and oxygen atoms in total. The minimum atomic E-state index is -0.530. The summed E-state index contributed by atoms with van der Waals surface area (Å²) in [6.07, 6.45) is 1.51. The van der Waals surface area contributed by atoms with Crippen LogP contribution in [0.3, 0.4) is 0 Å². The van der Waals surface area contributed by atoms with Gasteiger partial charge in [0, 0.05) is 0 Å². The minimum absolute atomic E-state index is 0.0102. The third-order valence-corrected chi connectivity index (χ3v) is 3.55. The quantitative estimate of drug-likeness (QED) is 0.582. The highest BCUT2D eigenvalue weighted by Gasteiger charge is 2.13. The molecule has 0 saturated carbocycles. The van der Waals surface area contributed by atoms with Gasteiger partial charge in [-0.2, -0.15) is 10.1 Å². The fourth-order valence-electron chi connectivity index (χ4n) is 1.52. The second kappa shape index (κ2) is 4.75. The maximum Gasteiger partial charge on any atom is 0.225 e. The van der Waals surface area contributed by atoms with Crippen LogP contribution in [-0.2, 0) is 0 Å². The fourth-order valence-corrected chi connectivity index (χ4v) is 2.68. The summed E-state index contributed by atoms with van der Waals surface area (Å²) < 4.78 is 26.7. The van der Waals surface area contributed by atoms with Crippen LogP contribution in [0, 0.1) is 11.6 Å². The van der Waals surface area contributed by atoms with Crippen LogP contribution in [0.1, 0.15) is 0 Å². The summed E-state index contributed by atoms with van der Waals surface area (Å²) in [7, 11) is 0. The number of fused-ring (bicyclic) bond motifs is 1. The molecule has 0 atom stereocenters. The zero-order valence-electron chi connectivity index (χ0n) is 9.19. The Morgan fingerprint density at radius 2 is 2.05 bits per heavy atom. The molecule has 0 aliphatic rings. The van der Waals surface area contributed by atoms with Crippen LogP contribution in [0.2, 0.25) is 5.28 Å². The molecule has 0 radical (unpaired) electrons. The number of rotatable bonds is 2. The van der Waals surface area contributed by atoms with E-state index in [0.717, 1.165) is 30.0 Å². The van der Waals surface area contributed by atoms with E-state index < -0.39 is 11.6 Å². The molecule has 0 unspecified atom stereocenters. The van der Waals surface area contributed by atoms with Crippen LogP contribution in [0.5, 0.6) is 0 Å². The van der Waals surface area contributed by atoms with Crippen LogP contribution in [0.25, 0.3) is 11.0 Å². The van der Waals surface area contributed by atoms with Crippen LogP contribution >= 0.6 is 23.4 Å². The first-order chi connectivity index (χ1) is 9.13. The van der Waals surface area contributed by atoms with Gasteiger partial charge in [-0.1, -0.05) is 11.8 Å². The molecule has 2 aromatic heterocycles.